The van der Waals surface area contributed by atoms with Gasteiger partial charge in [-0.3, -0.25) is 0 Å². The Morgan fingerprint density at radius 3 is 2.71 bits per heavy atom. The SMILES string of the molecule is CC(C)CN(c1cc(N)ccn1)C1CCCC1. The van der Waals surface area contributed by atoms with Crippen LogP contribution in [-0.2, 0) is 0 Å². The van der Waals surface area contributed by atoms with Crippen LogP contribution in [0.15, 0.2) is 18.3 Å². The summed E-state index contributed by atoms with van der Waals surface area (Å²) in [4.78, 5) is 6.94. The second kappa shape index (κ2) is 5.39. The van der Waals surface area contributed by atoms with Crippen LogP contribution in [0.2, 0.25) is 0 Å². The molecule has 94 valence electrons. The predicted octanol–water partition coefficient (Wildman–Crippen LogP) is 3.07. The number of hydrogen-bond acceptors (Lipinski definition) is 3. The summed E-state index contributed by atoms with van der Waals surface area (Å²) in [5, 5.41) is 0. The van der Waals surface area contributed by atoms with E-state index in [1.165, 1.54) is 25.7 Å². The Morgan fingerprint density at radius 1 is 1.41 bits per heavy atom. The quantitative estimate of drug-likeness (QED) is 0.869. The summed E-state index contributed by atoms with van der Waals surface area (Å²) < 4.78 is 0. The molecule has 1 aromatic rings. The van der Waals surface area contributed by atoms with Gasteiger partial charge in [0.1, 0.15) is 5.82 Å². The van der Waals surface area contributed by atoms with Gasteiger partial charge in [-0.2, -0.15) is 0 Å². The van der Waals surface area contributed by atoms with Crippen LogP contribution < -0.4 is 10.6 Å². The molecule has 2 N–H and O–H groups in total. The molecular formula is C14H23N3. The molecule has 0 spiro atoms. The lowest BCUT2D eigenvalue weighted by Crippen LogP contribution is -2.36. The van der Waals surface area contributed by atoms with E-state index in [1.54, 1.807) is 0 Å². The van der Waals surface area contributed by atoms with E-state index in [9.17, 15) is 0 Å². The van der Waals surface area contributed by atoms with Gasteiger partial charge >= 0.3 is 0 Å². The van der Waals surface area contributed by atoms with Crippen LogP contribution >= 0.6 is 0 Å². The van der Waals surface area contributed by atoms with Crippen molar-refractivity contribution in [1.82, 2.24) is 4.98 Å². The van der Waals surface area contributed by atoms with Crippen molar-refractivity contribution in [3.8, 4) is 0 Å². The van der Waals surface area contributed by atoms with E-state index in [0.29, 0.717) is 12.0 Å². The number of rotatable bonds is 4. The normalized spacial score (nSPS) is 16.6. The molecule has 1 aliphatic carbocycles. The summed E-state index contributed by atoms with van der Waals surface area (Å²) in [5.41, 5.74) is 6.67. The molecule has 1 heterocycles. The van der Waals surface area contributed by atoms with Gasteiger partial charge in [-0.05, 0) is 24.8 Å². The minimum Gasteiger partial charge on any atom is -0.399 e. The fourth-order valence-corrected chi connectivity index (χ4v) is 2.63. The number of aromatic nitrogens is 1. The van der Waals surface area contributed by atoms with Gasteiger partial charge in [0.15, 0.2) is 0 Å². The van der Waals surface area contributed by atoms with Gasteiger partial charge in [-0.25, -0.2) is 4.98 Å². The average molecular weight is 233 g/mol. The molecule has 0 bridgehead atoms. The molecule has 3 nitrogen and oxygen atoms in total. The number of nitrogens with two attached hydrogens (primary N) is 1. The topological polar surface area (TPSA) is 42.1 Å². The van der Waals surface area contributed by atoms with Crippen LogP contribution in [0.3, 0.4) is 0 Å². The van der Waals surface area contributed by atoms with Crippen molar-refractivity contribution >= 4 is 11.5 Å². The van der Waals surface area contributed by atoms with Crippen LogP contribution in [-0.4, -0.2) is 17.6 Å². The highest BCUT2D eigenvalue weighted by Gasteiger charge is 2.24. The monoisotopic (exact) mass is 233 g/mol. The summed E-state index contributed by atoms with van der Waals surface area (Å²) in [6.07, 6.45) is 7.10. The van der Waals surface area contributed by atoms with E-state index in [1.807, 2.05) is 18.3 Å². The number of pyridine rings is 1. The number of nitrogen functional groups attached to an aromatic ring is 1. The second-order valence-corrected chi connectivity index (χ2v) is 5.43. The van der Waals surface area contributed by atoms with E-state index in [0.717, 1.165) is 18.1 Å². The van der Waals surface area contributed by atoms with Crippen molar-refractivity contribution in [3.05, 3.63) is 18.3 Å². The summed E-state index contributed by atoms with van der Waals surface area (Å²) in [5.74, 6) is 1.70. The molecule has 0 atom stereocenters. The molecule has 1 aromatic heterocycles. The van der Waals surface area contributed by atoms with Gasteiger partial charge in [-0.15, -0.1) is 0 Å². The zero-order valence-corrected chi connectivity index (χ0v) is 10.9. The van der Waals surface area contributed by atoms with Gasteiger partial charge in [0.25, 0.3) is 0 Å². The van der Waals surface area contributed by atoms with Gasteiger partial charge < -0.3 is 10.6 Å². The van der Waals surface area contributed by atoms with E-state index < -0.39 is 0 Å². The standard InChI is InChI=1S/C14H23N3/c1-11(2)10-17(13-5-3-4-6-13)14-9-12(15)7-8-16-14/h7-9,11,13H,3-6,10H2,1-2H3,(H2,15,16). The van der Waals surface area contributed by atoms with Crippen molar-refractivity contribution in [1.29, 1.82) is 0 Å². The van der Waals surface area contributed by atoms with Crippen LogP contribution in [0.4, 0.5) is 11.5 Å². The largest absolute Gasteiger partial charge is 0.399 e. The van der Waals surface area contributed by atoms with E-state index in [-0.39, 0.29) is 0 Å². The number of hydrogen-bond donors (Lipinski definition) is 1. The van der Waals surface area contributed by atoms with E-state index >= 15 is 0 Å². The lowest BCUT2D eigenvalue weighted by Gasteiger charge is -2.31. The molecule has 0 aromatic carbocycles. The molecule has 2 rings (SSSR count). The van der Waals surface area contributed by atoms with Crippen molar-refractivity contribution < 1.29 is 0 Å². The van der Waals surface area contributed by atoms with Crippen molar-refractivity contribution in [2.75, 3.05) is 17.2 Å². The Labute approximate surface area is 104 Å². The Balaban J connectivity index is 2.19. The molecule has 0 unspecified atom stereocenters. The van der Waals surface area contributed by atoms with Gasteiger partial charge in [0.2, 0.25) is 0 Å². The van der Waals surface area contributed by atoms with Crippen LogP contribution in [0.5, 0.6) is 0 Å². The second-order valence-electron chi connectivity index (χ2n) is 5.43. The highest BCUT2D eigenvalue weighted by Crippen LogP contribution is 2.28. The first-order chi connectivity index (χ1) is 8.16. The lowest BCUT2D eigenvalue weighted by atomic mass is 10.1. The molecule has 1 saturated carbocycles. The zero-order valence-electron chi connectivity index (χ0n) is 10.9. The molecule has 0 radical (unpaired) electrons. The predicted molar refractivity (Wildman–Crippen MR) is 73.1 cm³/mol. The maximum atomic E-state index is 5.86. The zero-order chi connectivity index (χ0) is 12.3. The van der Waals surface area contributed by atoms with Crippen molar-refractivity contribution in [3.63, 3.8) is 0 Å². The first kappa shape index (κ1) is 12.2. The molecule has 17 heavy (non-hydrogen) atoms. The van der Waals surface area contributed by atoms with Gasteiger partial charge in [-0.1, -0.05) is 26.7 Å². The first-order valence-electron chi connectivity index (χ1n) is 6.65. The number of anilines is 2. The molecule has 0 saturated heterocycles. The van der Waals surface area contributed by atoms with Crippen LogP contribution in [0, 0.1) is 5.92 Å². The van der Waals surface area contributed by atoms with E-state index in [2.05, 4.69) is 23.7 Å². The molecule has 1 fully saturated rings. The summed E-state index contributed by atoms with van der Waals surface area (Å²) in [6.45, 7) is 5.59. The van der Waals surface area contributed by atoms with Gasteiger partial charge in [0, 0.05) is 30.5 Å². The highest BCUT2D eigenvalue weighted by atomic mass is 15.2. The molecule has 3 heteroatoms. The molecule has 1 aliphatic rings. The Kier molecular flexibility index (Phi) is 3.87. The maximum absolute atomic E-state index is 5.86. The smallest absolute Gasteiger partial charge is 0.130 e. The molecule has 0 amide bonds. The van der Waals surface area contributed by atoms with Crippen LogP contribution in [0.25, 0.3) is 0 Å². The fourth-order valence-electron chi connectivity index (χ4n) is 2.63. The van der Waals surface area contributed by atoms with Gasteiger partial charge in [0.05, 0.1) is 0 Å². The highest BCUT2D eigenvalue weighted by molar-refractivity contribution is 5.51. The minimum absolute atomic E-state index is 0.652. The average Bonchev–Trinajstić information content (AvgIpc) is 2.79. The van der Waals surface area contributed by atoms with E-state index in [4.69, 9.17) is 5.73 Å². The maximum Gasteiger partial charge on any atom is 0.130 e. The van der Waals surface area contributed by atoms with Crippen molar-refractivity contribution in [2.24, 2.45) is 5.92 Å². The third-order valence-corrected chi connectivity index (χ3v) is 3.39. The van der Waals surface area contributed by atoms with Crippen LogP contribution in [0.1, 0.15) is 39.5 Å². The fraction of sp³-hybridized carbons (Fsp3) is 0.643. The Morgan fingerprint density at radius 2 is 2.12 bits per heavy atom. The lowest BCUT2D eigenvalue weighted by molar-refractivity contribution is 0.531. The van der Waals surface area contributed by atoms with Crippen molar-refractivity contribution in [2.45, 2.75) is 45.6 Å². The molecular weight excluding hydrogens is 210 g/mol. The summed E-state index contributed by atoms with van der Waals surface area (Å²) >= 11 is 0. The third-order valence-electron chi connectivity index (χ3n) is 3.39. The molecule has 0 aliphatic heterocycles. The summed E-state index contributed by atoms with van der Waals surface area (Å²) in [6, 6.07) is 4.51. The minimum atomic E-state index is 0.652. The number of nitrogens with zero attached hydrogens (tertiary/aromatic N) is 2. The summed E-state index contributed by atoms with van der Waals surface area (Å²) in [7, 11) is 0. The third kappa shape index (κ3) is 3.11. The Hall–Kier alpha value is -1.25. The first-order valence-corrected chi connectivity index (χ1v) is 6.65. The Bertz CT molecular complexity index is 356.